The number of hydrogen-bond acceptors (Lipinski definition) is 3. The number of para-hydroxylation sites is 1. The van der Waals surface area contributed by atoms with Crippen molar-refractivity contribution >= 4 is 11.6 Å². The molecule has 118 valence electrons. The van der Waals surface area contributed by atoms with Gasteiger partial charge in [-0.2, -0.15) is 13.2 Å². The first-order valence-corrected chi connectivity index (χ1v) is 6.62. The van der Waals surface area contributed by atoms with Gasteiger partial charge in [0.05, 0.1) is 12.1 Å². The second kappa shape index (κ2) is 6.65. The van der Waals surface area contributed by atoms with Crippen molar-refractivity contribution in [1.82, 2.24) is 0 Å². The number of nitrogens with one attached hydrogen (secondary N) is 1. The van der Waals surface area contributed by atoms with Crippen LogP contribution in [0.4, 0.5) is 18.9 Å². The average Bonchev–Trinajstić information content (AvgIpc) is 2.94. The van der Waals surface area contributed by atoms with Gasteiger partial charge in [0.1, 0.15) is 12.0 Å². The molecule has 0 saturated carbocycles. The van der Waals surface area contributed by atoms with E-state index in [9.17, 15) is 18.0 Å². The van der Waals surface area contributed by atoms with E-state index in [0.717, 1.165) is 0 Å². The maximum Gasteiger partial charge on any atom is 0.389 e. The lowest BCUT2D eigenvalue weighted by Crippen LogP contribution is -2.14. The summed E-state index contributed by atoms with van der Waals surface area (Å²) in [5.41, 5.74) is 6.44. The van der Waals surface area contributed by atoms with E-state index in [1.807, 2.05) is 0 Å². The molecule has 1 heterocycles. The Balaban J connectivity index is 2.10. The molecular formula is C15H15F3N2O2. The molecule has 0 fully saturated rings. The fourth-order valence-electron chi connectivity index (χ4n) is 1.94. The Hall–Kier alpha value is -2.28. The van der Waals surface area contributed by atoms with Gasteiger partial charge in [0, 0.05) is 12.1 Å². The van der Waals surface area contributed by atoms with Crippen LogP contribution in [-0.4, -0.2) is 12.1 Å². The van der Waals surface area contributed by atoms with Crippen molar-refractivity contribution in [2.75, 3.05) is 5.32 Å². The summed E-state index contributed by atoms with van der Waals surface area (Å²) in [4.78, 5) is 12.1. The fourth-order valence-corrected chi connectivity index (χ4v) is 1.94. The van der Waals surface area contributed by atoms with Crippen molar-refractivity contribution in [2.45, 2.75) is 25.6 Å². The lowest BCUT2D eigenvalue weighted by molar-refractivity contribution is -0.133. The number of amides is 1. The van der Waals surface area contributed by atoms with Crippen LogP contribution in [0.5, 0.6) is 0 Å². The molecule has 0 aliphatic carbocycles. The Morgan fingerprint density at radius 3 is 2.64 bits per heavy atom. The summed E-state index contributed by atoms with van der Waals surface area (Å²) in [5.74, 6) is -0.00147. The molecule has 2 rings (SSSR count). The van der Waals surface area contributed by atoms with Crippen molar-refractivity contribution in [3.8, 4) is 0 Å². The summed E-state index contributed by atoms with van der Waals surface area (Å²) in [6, 6.07) is 7.89. The number of carbonyl (C=O) groups is 1. The highest BCUT2D eigenvalue weighted by molar-refractivity contribution is 6.04. The highest BCUT2D eigenvalue weighted by atomic mass is 19.4. The number of anilines is 1. The standard InChI is InChI=1S/C15H15F3N2O2/c16-15(17,18)6-5-10-3-1-2-4-13(10)20-14(21)11-7-12(8-19)22-9-11/h1-4,7,9H,5-6,8,19H2,(H,20,21). The number of halogens is 3. The molecule has 3 N–H and O–H groups in total. The third-order valence-electron chi connectivity index (χ3n) is 3.06. The van der Waals surface area contributed by atoms with Crippen molar-refractivity contribution in [1.29, 1.82) is 0 Å². The molecule has 0 unspecified atom stereocenters. The topological polar surface area (TPSA) is 68.3 Å². The average molecular weight is 312 g/mol. The van der Waals surface area contributed by atoms with Crippen LogP contribution in [0.25, 0.3) is 0 Å². The number of nitrogens with two attached hydrogens (primary N) is 1. The molecule has 1 amide bonds. The zero-order chi connectivity index (χ0) is 16.2. The van der Waals surface area contributed by atoms with E-state index in [0.29, 0.717) is 17.0 Å². The number of alkyl halides is 3. The first kappa shape index (κ1) is 16.1. The van der Waals surface area contributed by atoms with E-state index >= 15 is 0 Å². The van der Waals surface area contributed by atoms with Crippen LogP contribution in [0.3, 0.4) is 0 Å². The van der Waals surface area contributed by atoms with E-state index < -0.39 is 18.5 Å². The quantitative estimate of drug-likeness (QED) is 0.888. The number of rotatable bonds is 5. The van der Waals surface area contributed by atoms with Crippen molar-refractivity contribution in [3.05, 3.63) is 53.5 Å². The third-order valence-corrected chi connectivity index (χ3v) is 3.06. The molecule has 2 aromatic rings. The monoisotopic (exact) mass is 312 g/mol. The summed E-state index contributed by atoms with van der Waals surface area (Å²) in [5, 5.41) is 2.59. The van der Waals surface area contributed by atoms with Gasteiger partial charge >= 0.3 is 6.18 Å². The molecule has 1 aromatic heterocycles. The highest BCUT2D eigenvalue weighted by Gasteiger charge is 2.27. The molecule has 0 aliphatic heterocycles. The Kier molecular flexibility index (Phi) is 4.87. The van der Waals surface area contributed by atoms with Crippen LogP contribution in [0.15, 0.2) is 41.0 Å². The lowest BCUT2D eigenvalue weighted by Gasteiger charge is -2.11. The van der Waals surface area contributed by atoms with E-state index in [-0.39, 0.29) is 18.5 Å². The molecule has 0 saturated heterocycles. The maximum atomic E-state index is 12.3. The van der Waals surface area contributed by atoms with Gasteiger partial charge in [0.25, 0.3) is 5.91 Å². The smallest absolute Gasteiger partial charge is 0.389 e. The summed E-state index contributed by atoms with van der Waals surface area (Å²) >= 11 is 0. The Labute approximate surface area is 125 Å². The molecule has 4 nitrogen and oxygen atoms in total. The van der Waals surface area contributed by atoms with Gasteiger partial charge in [-0.05, 0) is 24.1 Å². The van der Waals surface area contributed by atoms with Crippen LogP contribution in [0.1, 0.15) is 28.1 Å². The largest absolute Gasteiger partial charge is 0.467 e. The van der Waals surface area contributed by atoms with Gasteiger partial charge in [-0.25, -0.2) is 0 Å². The fraction of sp³-hybridized carbons (Fsp3) is 0.267. The van der Waals surface area contributed by atoms with Crippen molar-refractivity contribution in [2.24, 2.45) is 5.73 Å². The van der Waals surface area contributed by atoms with E-state index in [1.165, 1.54) is 12.3 Å². The minimum Gasteiger partial charge on any atom is -0.467 e. The van der Waals surface area contributed by atoms with Crippen molar-refractivity contribution < 1.29 is 22.4 Å². The van der Waals surface area contributed by atoms with Crippen LogP contribution in [0.2, 0.25) is 0 Å². The molecular weight excluding hydrogens is 297 g/mol. The van der Waals surface area contributed by atoms with E-state index in [1.54, 1.807) is 24.3 Å². The molecule has 0 radical (unpaired) electrons. The minimum atomic E-state index is -4.24. The predicted molar refractivity (Wildman–Crippen MR) is 75.4 cm³/mol. The van der Waals surface area contributed by atoms with Crippen LogP contribution in [-0.2, 0) is 13.0 Å². The van der Waals surface area contributed by atoms with Gasteiger partial charge in [0.15, 0.2) is 0 Å². The number of benzene rings is 1. The SMILES string of the molecule is NCc1cc(C(=O)Nc2ccccc2CCC(F)(F)F)co1. The molecule has 0 aliphatic rings. The van der Waals surface area contributed by atoms with Gasteiger partial charge in [-0.1, -0.05) is 18.2 Å². The summed E-state index contributed by atoms with van der Waals surface area (Å²) in [7, 11) is 0. The van der Waals surface area contributed by atoms with Crippen molar-refractivity contribution in [3.63, 3.8) is 0 Å². The maximum absolute atomic E-state index is 12.3. The van der Waals surface area contributed by atoms with Crippen LogP contribution < -0.4 is 11.1 Å². The predicted octanol–water partition coefficient (Wildman–Crippen LogP) is 3.49. The molecule has 0 atom stereocenters. The number of aryl methyl sites for hydroxylation is 1. The van der Waals surface area contributed by atoms with Gasteiger partial charge in [-0.15, -0.1) is 0 Å². The van der Waals surface area contributed by atoms with Gasteiger partial charge in [-0.3, -0.25) is 4.79 Å². The molecule has 7 heteroatoms. The number of furan rings is 1. The van der Waals surface area contributed by atoms with Crippen LogP contribution >= 0.6 is 0 Å². The van der Waals surface area contributed by atoms with Gasteiger partial charge < -0.3 is 15.5 Å². The summed E-state index contributed by atoms with van der Waals surface area (Å²) in [6.07, 6.45) is -4.12. The Morgan fingerprint density at radius 2 is 2.00 bits per heavy atom. The first-order valence-electron chi connectivity index (χ1n) is 6.62. The zero-order valence-electron chi connectivity index (χ0n) is 11.6. The van der Waals surface area contributed by atoms with E-state index in [2.05, 4.69) is 5.32 Å². The Morgan fingerprint density at radius 1 is 1.27 bits per heavy atom. The first-order chi connectivity index (χ1) is 10.4. The minimum absolute atomic E-state index is 0.162. The van der Waals surface area contributed by atoms with Gasteiger partial charge in [0.2, 0.25) is 0 Å². The highest BCUT2D eigenvalue weighted by Crippen LogP contribution is 2.25. The normalized spacial score (nSPS) is 11.5. The molecule has 0 bridgehead atoms. The second-order valence-corrected chi connectivity index (χ2v) is 4.73. The summed E-state index contributed by atoms with van der Waals surface area (Å²) in [6.45, 7) is 0.162. The van der Waals surface area contributed by atoms with Crippen LogP contribution in [0, 0.1) is 0 Å². The molecule has 22 heavy (non-hydrogen) atoms. The Bertz CT molecular complexity index is 650. The summed E-state index contributed by atoms with van der Waals surface area (Å²) < 4.78 is 42.1. The second-order valence-electron chi connectivity index (χ2n) is 4.73. The third kappa shape index (κ3) is 4.36. The molecule has 0 spiro atoms. The number of hydrogen-bond donors (Lipinski definition) is 2. The lowest BCUT2D eigenvalue weighted by atomic mass is 10.1. The molecule has 1 aromatic carbocycles. The van der Waals surface area contributed by atoms with E-state index in [4.69, 9.17) is 10.2 Å². The number of carbonyl (C=O) groups excluding carboxylic acids is 1. The zero-order valence-corrected chi connectivity index (χ0v) is 11.6.